The number of fused-ring (bicyclic) bond motifs is 1. The van der Waals surface area contributed by atoms with Gasteiger partial charge in [-0.3, -0.25) is 4.79 Å². The Bertz CT molecular complexity index is 1100. The number of anilines is 2. The van der Waals surface area contributed by atoms with Crippen molar-refractivity contribution in [3.05, 3.63) is 53.6 Å². The molecule has 1 aliphatic heterocycles. The lowest BCUT2D eigenvalue weighted by atomic mass is 9.97. The van der Waals surface area contributed by atoms with Gasteiger partial charge < -0.3 is 10.2 Å². The predicted molar refractivity (Wildman–Crippen MR) is 105 cm³/mol. The molecular weight excluding hydrogens is 425 g/mol. The number of nitrogens with zero attached hydrogens (tertiary/aromatic N) is 2. The molecule has 30 heavy (non-hydrogen) atoms. The highest BCUT2D eigenvalue weighted by Gasteiger charge is 2.35. The van der Waals surface area contributed by atoms with E-state index >= 15 is 0 Å². The summed E-state index contributed by atoms with van der Waals surface area (Å²) in [4.78, 5) is 18.8. The first kappa shape index (κ1) is 20.5. The minimum absolute atomic E-state index is 0.118. The van der Waals surface area contributed by atoms with Crippen LogP contribution in [0.5, 0.6) is 0 Å². The molecule has 1 N–H and O–H groups in total. The number of benzene rings is 2. The second-order valence-corrected chi connectivity index (χ2v) is 8.06. The van der Waals surface area contributed by atoms with E-state index in [0.29, 0.717) is 47.9 Å². The molecule has 4 rings (SSSR count). The Kier molecular flexibility index (Phi) is 5.35. The minimum atomic E-state index is -4.85. The summed E-state index contributed by atoms with van der Waals surface area (Å²) in [5.74, 6) is -2.76. The number of piperidine rings is 1. The van der Waals surface area contributed by atoms with Gasteiger partial charge in [-0.25, -0.2) is 13.8 Å². The lowest BCUT2D eigenvalue weighted by molar-refractivity contribution is -0.140. The second-order valence-electron chi connectivity index (χ2n) is 7.05. The van der Waals surface area contributed by atoms with Crippen LogP contribution in [0, 0.1) is 17.6 Å². The molecule has 0 saturated carbocycles. The fraction of sp³-hybridized carbons (Fsp3) is 0.300. The standard InChI is InChI=1S/C20H16F5N3OS/c21-14-7-6-12(9-13(14)20(23,24)25)26-18(29)11-3-2-8-28(10-11)19-27-17-15(22)4-1-5-16(17)30-19/h1,4-7,9,11H,2-3,8,10H2,(H,26,29). The maximum atomic E-state index is 13.9. The molecule has 4 nitrogen and oxygen atoms in total. The van der Waals surface area contributed by atoms with E-state index in [0.717, 1.165) is 6.07 Å². The Hall–Kier alpha value is -2.75. The average Bonchev–Trinajstić information content (AvgIpc) is 3.14. The third-order valence-electron chi connectivity index (χ3n) is 4.96. The molecule has 0 spiro atoms. The largest absolute Gasteiger partial charge is 0.419 e. The molecule has 2 aromatic carbocycles. The Labute approximate surface area is 172 Å². The van der Waals surface area contributed by atoms with Gasteiger partial charge >= 0.3 is 6.18 Å². The molecule has 3 aromatic rings. The second kappa shape index (κ2) is 7.82. The number of hydrogen-bond acceptors (Lipinski definition) is 4. The van der Waals surface area contributed by atoms with E-state index in [1.807, 2.05) is 4.90 Å². The molecule has 2 heterocycles. The Morgan fingerprint density at radius 1 is 1.17 bits per heavy atom. The number of carbonyl (C=O) groups excluding carboxylic acids is 1. The number of aromatic nitrogens is 1. The smallest absolute Gasteiger partial charge is 0.347 e. The maximum absolute atomic E-state index is 13.9. The van der Waals surface area contributed by atoms with E-state index in [-0.39, 0.29) is 11.2 Å². The van der Waals surface area contributed by atoms with Gasteiger partial charge in [0.2, 0.25) is 5.91 Å². The zero-order valence-corrected chi connectivity index (χ0v) is 16.3. The molecule has 1 unspecified atom stereocenters. The van der Waals surface area contributed by atoms with Gasteiger partial charge in [0, 0.05) is 18.8 Å². The molecule has 0 bridgehead atoms. The van der Waals surface area contributed by atoms with Crippen LogP contribution in [0.4, 0.5) is 32.8 Å². The van der Waals surface area contributed by atoms with E-state index in [1.165, 1.54) is 17.4 Å². The van der Waals surface area contributed by atoms with Crippen LogP contribution < -0.4 is 10.2 Å². The molecule has 1 atom stereocenters. The minimum Gasteiger partial charge on any atom is -0.347 e. The monoisotopic (exact) mass is 441 g/mol. The van der Waals surface area contributed by atoms with Crippen LogP contribution in [0.25, 0.3) is 10.2 Å². The number of halogens is 5. The van der Waals surface area contributed by atoms with Crippen molar-refractivity contribution in [2.75, 3.05) is 23.3 Å². The van der Waals surface area contributed by atoms with E-state index in [1.54, 1.807) is 12.1 Å². The summed E-state index contributed by atoms with van der Waals surface area (Å²) in [6.45, 7) is 0.945. The number of carbonyl (C=O) groups is 1. The van der Waals surface area contributed by atoms with E-state index in [9.17, 15) is 26.7 Å². The van der Waals surface area contributed by atoms with E-state index in [2.05, 4.69) is 10.3 Å². The summed E-state index contributed by atoms with van der Waals surface area (Å²) in [7, 11) is 0. The molecule has 0 radical (unpaired) electrons. The molecule has 1 saturated heterocycles. The predicted octanol–water partition coefficient (Wildman–Crippen LogP) is 5.45. The van der Waals surface area contributed by atoms with Gasteiger partial charge in [0.15, 0.2) is 5.13 Å². The highest BCUT2D eigenvalue weighted by Crippen LogP contribution is 2.34. The molecule has 1 aromatic heterocycles. The number of nitrogens with one attached hydrogen (secondary N) is 1. The SMILES string of the molecule is O=C(Nc1ccc(F)c(C(F)(F)F)c1)C1CCCN(c2nc3c(F)cccc3s2)C1. The van der Waals surface area contributed by atoms with Gasteiger partial charge in [0.25, 0.3) is 0 Å². The molecule has 1 amide bonds. The molecular formula is C20H16F5N3OS. The first-order chi connectivity index (χ1) is 14.2. The quantitative estimate of drug-likeness (QED) is 0.550. The van der Waals surface area contributed by atoms with Gasteiger partial charge in [0.05, 0.1) is 16.2 Å². The fourth-order valence-corrected chi connectivity index (χ4v) is 4.48. The zero-order valence-electron chi connectivity index (χ0n) is 15.5. The first-order valence-electron chi connectivity index (χ1n) is 9.20. The van der Waals surface area contributed by atoms with Gasteiger partial charge in [-0.1, -0.05) is 17.4 Å². The normalized spacial score (nSPS) is 17.4. The summed E-state index contributed by atoms with van der Waals surface area (Å²) in [6, 6.07) is 7.06. The van der Waals surface area contributed by atoms with Gasteiger partial charge in [-0.05, 0) is 43.2 Å². The number of amides is 1. The lowest BCUT2D eigenvalue weighted by Gasteiger charge is -2.31. The van der Waals surface area contributed by atoms with Gasteiger partial charge in [0.1, 0.15) is 17.2 Å². The van der Waals surface area contributed by atoms with Crippen molar-refractivity contribution >= 4 is 38.3 Å². The van der Waals surface area contributed by atoms with Crippen molar-refractivity contribution < 1.29 is 26.7 Å². The molecule has 1 aliphatic rings. The van der Waals surface area contributed by atoms with Crippen molar-refractivity contribution in [2.45, 2.75) is 19.0 Å². The van der Waals surface area contributed by atoms with Crippen molar-refractivity contribution in [2.24, 2.45) is 5.92 Å². The average molecular weight is 441 g/mol. The van der Waals surface area contributed by atoms with Crippen LogP contribution in [-0.4, -0.2) is 24.0 Å². The molecule has 10 heteroatoms. The Balaban J connectivity index is 1.49. The number of hydrogen-bond donors (Lipinski definition) is 1. The van der Waals surface area contributed by atoms with Crippen LogP contribution >= 0.6 is 11.3 Å². The van der Waals surface area contributed by atoms with Crippen LogP contribution in [0.1, 0.15) is 18.4 Å². The third-order valence-corrected chi connectivity index (χ3v) is 6.04. The summed E-state index contributed by atoms with van der Waals surface area (Å²) in [5, 5.41) is 3.04. The Morgan fingerprint density at radius 3 is 2.70 bits per heavy atom. The van der Waals surface area contributed by atoms with Crippen molar-refractivity contribution in [3.8, 4) is 0 Å². The number of para-hydroxylation sites is 1. The van der Waals surface area contributed by atoms with Gasteiger partial charge in [-0.15, -0.1) is 0 Å². The van der Waals surface area contributed by atoms with E-state index < -0.39 is 35.2 Å². The van der Waals surface area contributed by atoms with Crippen LogP contribution in [0.15, 0.2) is 36.4 Å². The van der Waals surface area contributed by atoms with Crippen molar-refractivity contribution in [3.63, 3.8) is 0 Å². The highest BCUT2D eigenvalue weighted by atomic mass is 32.1. The number of rotatable bonds is 3. The fourth-order valence-electron chi connectivity index (χ4n) is 3.47. The summed E-state index contributed by atoms with van der Waals surface area (Å²) >= 11 is 1.32. The third kappa shape index (κ3) is 4.09. The van der Waals surface area contributed by atoms with Crippen LogP contribution in [0.2, 0.25) is 0 Å². The maximum Gasteiger partial charge on any atom is 0.419 e. The van der Waals surface area contributed by atoms with Crippen molar-refractivity contribution in [1.82, 2.24) is 4.98 Å². The van der Waals surface area contributed by atoms with Gasteiger partial charge in [-0.2, -0.15) is 13.2 Å². The zero-order chi connectivity index (χ0) is 21.5. The Morgan fingerprint density at radius 2 is 1.97 bits per heavy atom. The topological polar surface area (TPSA) is 45.2 Å². The summed E-state index contributed by atoms with van der Waals surface area (Å²) < 4.78 is 66.7. The molecule has 1 fully saturated rings. The van der Waals surface area contributed by atoms with Crippen molar-refractivity contribution in [1.29, 1.82) is 0 Å². The highest BCUT2D eigenvalue weighted by molar-refractivity contribution is 7.22. The summed E-state index contributed by atoms with van der Waals surface area (Å²) in [5.41, 5.74) is -1.27. The van der Waals surface area contributed by atoms with Crippen LogP contribution in [-0.2, 0) is 11.0 Å². The molecule has 0 aliphatic carbocycles. The molecule has 158 valence electrons. The first-order valence-corrected chi connectivity index (χ1v) is 10.0. The number of alkyl halides is 3. The van der Waals surface area contributed by atoms with E-state index in [4.69, 9.17) is 0 Å². The number of thiazole rings is 1. The van der Waals surface area contributed by atoms with Crippen LogP contribution in [0.3, 0.4) is 0 Å². The summed E-state index contributed by atoms with van der Waals surface area (Å²) in [6.07, 6.45) is -3.63. The lowest BCUT2D eigenvalue weighted by Crippen LogP contribution is -2.40.